The first kappa shape index (κ1) is 16.9. The van der Waals surface area contributed by atoms with Gasteiger partial charge in [-0.2, -0.15) is 15.3 Å². The van der Waals surface area contributed by atoms with Crippen LogP contribution in [-0.2, 0) is 19.5 Å². The molecular formula is C15H20ClN7S. The molecule has 128 valence electrons. The molecule has 0 bridgehead atoms. The summed E-state index contributed by atoms with van der Waals surface area (Å²) in [6, 6.07) is 0. The van der Waals surface area contributed by atoms with E-state index in [0.29, 0.717) is 22.8 Å². The molecule has 3 aromatic rings. The monoisotopic (exact) mass is 365 g/mol. The quantitative estimate of drug-likeness (QED) is 0.705. The zero-order valence-electron chi connectivity index (χ0n) is 14.2. The van der Waals surface area contributed by atoms with Gasteiger partial charge in [0, 0.05) is 19.5 Å². The van der Waals surface area contributed by atoms with Crippen LogP contribution in [0, 0.1) is 25.5 Å². The van der Waals surface area contributed by atoms with E-state index in [1.165, 1.54) is 0 Å². The Kier molecular flexibility index (Phi) is 4.60. The van der Waals surface area contributed by atoms with E-state index in [2.05, 4.69) is 27.3 Å². The fourth-order valence-corrected chi connectivity index (χ4v) is 3.20. The molecule has 0 saturated carbocycles. The zero-order chi connectivity index (χ0) is 17.4. The molecule has 3 rings (SSSR count). The minimum absolute atomic E-state index is 0.565. The summed E-state index contributed by atoms with van der Waals surface area (Å²) in [6.07, 6.45) is 2.51. The number of nitrogens with zero attached hydrogens (tertiary/aromatic N) is 6. The van der Waals surface area contributed by atoms with Crippen LogP contribution in [0.1, 0.15) is 29.8 Å². The van der Waals surface area contributed by atoms with Crippen molar-refractivity contribution in [2.24, 2.45) is 0 Å². The van der Waals surface area contributed by atoms with E-state index in [9.17, 15) is 0 Å². The van der Waals surface area contributed by atoms with Gasteiger partial charge in [0.2, 0.25) is 0 Å². The molecule has 0 amide bonds. The topological polar surface area (TPSA) is 69.2 Å². The molecule has 0 unspecified atom stereocenters. The highest BCUT2D eigenvalue weighted by Crippen LogP contribution is 2.20. The molecule has 0 spiro atoms. The maximum atomic E-state index is 6.21. The number of aromatic amines is 1. The molecule has 3 aromatic heterocycles. The Morgan fingerprint density at radius 1 is 1.21 bits per heavy atom. The molecule has 0 aliphatic rings. The second-order valence-corrected chi connectivity index (χ2v) is 6.43. The van der Waals surface area contributed by atoms with E-state index in [4.69, 9.17) is 23.8 Å². The minimum atomic E-state index is 0.565. The lowest BCUT2D eigenvalue weighted by Crippen LogP contribution is -2.10. The van der Waals surface area contributed by atoms with Gasteiger partial charge in [0.05, 0.1) is 34.0 Å². The average Bonchev–Trinajstić information content (AvgIpc) is 3.18. The van der Waals surface area contributed by atoms with E-state index in [1.54, 1.807) is 0 Å². The van der Waals surface area contributed by atoms with E-state index in [0.717, 1.165) is 35.1 Å². The van der Waals surface area contributed by atoms with Crippen LogP contribution in [-0.4, -0.2) is 34.3 Å². The number of hydrogen-bond donors (Lipinski definition) is 1. The third-order valence-electron chi connectivity index (χ3n) is 4.20. The predicted molar refractivity (Wildman–Crippen MR) is 95.4 cm³/mol. The van der Waals surface area contributed by atoms with Gasteiger partial charge in [0.1, 0.15) is 5.82 Å². The minimum Gasteiger partial charge on any atom is -0.269 e. The summed E-state index contributed by atoms with van der Waals surface area (Å²) < 4.78 is 6.35. The Balaban J connectivity index is 1.91. The van der Waals surface area contributed by atoms with Gasteiger partial charge >= 0.3 is 0 Å². The van der Waals surface area contributed by atoms with E-state index in [-0.39, 0.29) is 0 Å². The maximum absolute atomic E-state index is 6.21. The summed E-state index contributed by atoms with van der Waals surface area (Å²) in [7, 11) is 0. The fraction of sp³-hybridized carbons (Fsp3) is 0.467. The molecule has 0 radical (unpaired) electrons. The highest BCUT2D eigenvalue weighted by molar-refractivity contribution is 7.71. The standard InChI is InChI=1S/C15H20ClN7S/c1-5-21-10(3)12(8-17-21)23-13(18-19-15(23)24)6-7-22-11(4)14(16)9(2)20-22/h8H,5-7H2,1-4H3,(H,19,24). The number of aromatic nitrogens is 7. The first-order valence-electron chi connectivity index (χ1n) is 7.82. The molecule has 0 aromatic carbocycles. The number of hydrogen-bond acceptors (Lipinski definition) is 4. The van der Waals surface area contributed by atoms with Crippen molar-refractivity contribution >= 4 is 23.8 Å². The molecule has 3 heterocycles. The van der Waals surface area contributed by atoms with Crippen LogP contribution in [0.15, 0.2) is 6.20 Å². The Labute approximate surface area is 150 Å². The number of rotatable bonds is 5. The van der Waals surface area contributed by atoms with E-state index < -0.39 is 0 Å². The maximum Gasteiger partial charge on any atom is 0.199 e. The van der Waals surface area contributed by atoms with Crippen LogP contribution < -0.4 is 0 Å². The third-order valence-corrected chi connectivity index (χ3v) is 5.02. The van der Waals surface area contributed by atoms with Crippen molar-refractivity contribution in [2.45, 2.75) is 47.2 Å². The van der Waals surface area contributed by atoms with Gasteiger partial charge in [-0.15, -0.1) is 0 Å². The first-order chi connectivity index (χ1) is 11.4. The lowest BCUT2D eigenvalue weighted by atomic mass is 10.3. The lowest BCUT2D eigenvalue weighted by Gasteiger charge is -2.08. The van der Waals surface area contributed by atoms with Crippen molar-refractivity contribution in [1.82, 2.24) is 34.3 Å². The molecule has 1 N–H and O–H groups in total. The highest BCUT2D eigenvalue weighted by Gasteiger charge is 2.15. The first-order valence-corrected chi connectivity index (χ1v) is 8.61. The second kappa shape index (κ2) is 6.52. The Bertz CT molecular complexity index is 930. The molecule has 0 aliphatic heterocycles. The Morgan fingerprint density at radius 2 is 1.96 bits per heavy atom. The van der Waals surface area contributed by atoms with Gasteiger partial charge in [0.15, 0.2) is 4.77 Å². The summed E-state index contributed by atoms with van der Waals surface area (Å²) in [4.78, 5) is 0. The number of nitrogens with one attached hydrogen (secondary N) is 1. The van der Waals surface area contributed by atoms with Crippen LogP contribution in [0.5, 0.6) is 0 Å². The summed E-state index contributed by atoms with van der Waals surface area (Å²) in [5.74, 6) is 0.849. The number of halogens is 1. The Morgan fingerprint density at radius 3 is 2.54 bits per heavy atom. The van der Waals surface area contributed by atoms with Crippen molar-refractivity contribution in [3.63, 3.8) is 0 Å². The molecule has 0 saturated heterocycles. The van der Waals surface area contributed by atoms with Crippen molar-refractivity contribution in [3.05, 3.63) is 38.9 Å². The molecule has 0 fully saturated rings. The highest BCUT2D eigenvalue weighted by atomic mass is 35.5. The summed E-state index contributed by atoms with van der Waals surface area (Å²) >= 11 is 11.6. The average molecular weight is 366 g/mol. The van der Waals surface area contributed by atoms with Crippen LogP contribution in [0.25, 0.3) is 5.69 Å². The van der Waals surface area contributed by atoms with Gasteiger partial charge in [-0.1, -0.05) is 11.6 Å². The summed E-state index contributed by atoms with van der Waals surface area (Å²) in [5, 5.41) is 16.8. The van der Waals surface area contributed by atoms with E-state index >= 15 is 0 Å². The molecular weight excluding hydrogens is 346 g/mol. The largest absolute Gasteiger partial charge is 0.269 e. The molecule has 24 heavy (non-hydrogen) atoms. The van der Waals surface area contributed by atoms with E-state index in [1.807, 2.05) is 40.9 Å². The van der Waals surface area contributed by atoms with Crippen molar-refractivity contribution in [2.75, 3.05) is 0 Å². The van der Waals surface area contributed by atoms with Gasteiger partial charge < -0.3 is 0 Å². The third kappa shape index (κ3) is 2.80. The van der Waals surface area contributed by atoms with Gasteiger partial charge in [-0.3, -0.25) is 19.0 Å². The van der Waals surface area contributed by atoms with Crippen LogP contribution in [0.4, 0.5) is 0 Å². The summed E-state index contributed by atoms with van der Waals surface area (Å²) in [5.41, 5.74) is 3.82. The number of H-pyrrole nitrogens is 1. The normalized spacial score (nSPS) is 11.4. The summed E-state index contributed by atoms with van der Waals surface area (Å²) in [6.45, 7) is 9.47. The van der Waals surface area contributed by atoms with Gasteiger partial charge in [0.25, 0.3) is 0 Å². The van der Waals surface area contributed by atoms with Crippen molar-refractivity contribution in [3.8, 4) is 5.69 Å². The zero-order valence-corrected chi connectivity index (χ0v) is 15.7. The SMILES string of the molecule is CCn1ncc(-n2c(CCn3nc(C)c(Cl)c3C)n[nH]c2=S)c1C. The molecule has 0 aliphatic carbocycles. The van der Waals surface area contributed by atoms with Crippen LogP contribution in [0.3, 0.4) is 0 Å². The Hall–Kier alpha value is -1.93. The molecule has 7 nitrogen and oxygen atoms in total. The smallest absolute Gasteiger partial charge is 0.199 e. The predicted octanol–water partition coefficient (Wildman–Crippen LogP) is 3.16. The van der Waals surface area contributed by atoms with Crippen molar-refractivity contribution in [1.29, 1.82) is 0 Å². The second-order valence-electron chi connectivity index (χ2n) is 5.67. The lowest BCUT2D eigenvalue weighted by molar-refractivity contribution is 0.576. The van der Waals surface area contributed by atoms with Crippen LogP contribution >= 0.6 is 23.8 Å². The van der Waals surface area contributed by atoms with Gasteiger partial charge in [-0.25, -0.2) is 0 Å². The fourth-order valence-electron chi connectivity index (χ4n) is 2.82. The van der Waals surface area contributed by atoms with Crippen molar-refractivity contribution < 1.29 is 0 Å². The van der Waals surface area contributed by atoms with Gasteiger partial charge in [-0.05, 0) is 39.9 Å². The van der Waals surface area contributed by atoms with Crippen LogP contribution in [0.2, 0.25) is 5.02 Å². The molecule has 0 atom stereocenters. The molecule has 9 heteroatoms. The number of aryl methyl sites for hydroxylation is 4.